The maximum atomic E-state index is 13.5. The standard InChI is InChI=1S/C24H29Cl2F2N7O/c1-5-6-34-10-13(11-34)30-23(36)20-21(26)31-19(35(20)12-18(27)28)9-29-22-14-7-15(24(2,3)4)16(25)8-17(14)32-33-22/h5-8,13,18H,9-12H2,1-4H3,(H,30,36)(H2,29,32,33). The quantitative estimate of drug-likeness (QED) is 0.366. The van der Waals surface area contributed by atoms with Gasteiger partial charge in [-0.3, -0.25) is 9.89 Å². The molecule has 36 heavy (non-hydrogen) atoms. The monoisotopic (exact) mass is 539 g/mol. The Bertz CT molecular complexity index is 1290. The Morgan fingerprint density at radius 1 is 1.31 bits per heavy atom. The lowest BCUT2D eigenvalue weighted by molar-refractivity contribution is 0.0855. The molecule has 3 N–H and O–H groups in total. The van der Waals surface area contributed by atoms with Crippen molar-refractivity contribution in [1.82, 2.24) is 30.0 Å². The van der Waals surface area contributed by atoms with Crippen LogP contribution in [0.2, 0.25) is 10.2 Å². The summed E-state index contributed by atoms with van der Waals surface area (Å²) in [4.78, 5) is 19.2. The number of anilines is 1. The summed E-state index contributed by atoms with van der Waals surface area (Å²) in [6.07, 6.45) is 1.14. The third-order valence-electron chi connectivity index (χ3n) is 6.02. The molecule has 0 aliphatic carbocycles. The predicted octanol–water partition coefficient (Wildman–Crippen LogP) is 5.19. The summed E-state index contributed by atoms with van der Waals surface area (Å²) in [7, 11) is 0. The van der Waals surface area contributed by atoms with E-state index in [4.69, 9.17) is 23.2 Å². The third kappa shape index (κ3) is 5.44. The second-order valence-electron chi connectivity index (χ2n) is 9.83. The van der Waals surface area contributed by atoms with Gasteiger partial charge in [0.25, 0.3) is 12.3 Å². The highest BCUT2D eigenvalue weighted by Gasteiger charge is 2.30. The van der Waals surface area contributed by atoms with Gasteiger partial charge in [0.2, 0.25) is 0 Å². The average molecular weight is 540 g/mol. The second kappa shape index (κ2) is 10.3. The maximum Gasteiger partial charge on any atom is 0.271 e. The van der Waals surface area contributed by atoms with Crippen LogP contribution in [-0.2, 0) is 18.5 Å². The number of allylic oxidation sites excluding steroid dienone is 1. The van der Waals surface area contributed by atoms with Gasteiger partial charge in [-0.05, 0) is 36.2 Å². The first-order valence-electron chi connectivity index (χ1n) is 11.6. The number of aromatic nitrogens is 4. The van der Waals surface area contributed by atoms with Crippen LogP contribution in [0.25, 0.3) is 10.9 Å². The minimum Gasteiger partial charge on any atom is -0.373 e. The Morgan fingerprint density at radius 3 is 2.67 bits per heavy atom. The fourth-order valence-corrected chi connectivity index (χ4v) is 4.99. The number of nitrogens with one attached hydrogen (secondary N) is 3. The number of H-pyrrole nitrogens is 1. The van der Waals surface area contributed by atoms with Gasteiger partial charge in [0.15, 0.2) is 11.0 Å². The fourth-order valence-electron chi connectivity index (χ4n) is 4.25. The van der Waals surface area contributed by atoms with Crippen molar-refractivity contribution in [3.05, 3.63) is 51.7 Å². The molecule has 0 unspecified atom stereocenters. The number of fused-ring (bicyclic) bond motifs is 1. The first-order valence-corrected chi connectivity index (χ1v) is 12.4. The van der Waals surface area contributed by atoms with Gasteiger partial charge in [-0.2, -0.15) is 5.10 Å². The van der Waals surface area contributed by atoms with Gasteiger partial charge >= 0.3 is 0 Å². The first-order chi connectivity index (χ1) is 17.0. The highest BCUT2D eigenvalue weighted by Crippen LogP contribution is 2.35. The number of imidazole rings is 1. The van der Waals surface area contributed by atoms with E-state index in [1.807, 2.05) is 36.2 Å². The molecule has 2 aromatic heterocycles. The molecule has 1 aromatic carbocycles. The number of likely N-dealkylation sites (tertiary alicyclic amines) is 1. The molecule has 0 saturated carbocycles. The average Bonchev–Trinajstić information content (AvgIpc) is 3.28. The first kappa shape index (κ1) is 26.2. The van der Waals surface area contributed by atoms with E-state index in [2.05, 4.69) is 46.6 Å². The van der Waals surface area contributed by atoms with Gasteiger partial charge in [0.05, 0.1) is 24.6 Å². The largest absolute Gasteiger partial charge is 0.373 e. The molecule has 1 aliphatic rings. The van der Waals surface area contributed by atoms with Crippen molar-refractivity contribution in [3.63, 3.8) is 0 Å². The van der Waals surface area contributed by atoms with Crippen LogP contribution in [0.3, 0.4) is 0 Å². The number of hydrogen-bond acceptors (Lipinski definition) is 5. The van der Waals surface area contributed by atoms with Crippen molar-refractivity contribution in [2.45, 2.75) is 58.7 Å². The van der Waals surface area contributed by atoms with Crippen molar-refractivity contribution in [2.24, 2.45) is 0 Å². The fraction of sp³-hybridized carbons (Fsp3) is 0.458. The lowest BCUT2D eigenvalue weighted by atomic mass is 9.86. The van der Waals surface area contributed by atoms with Crippen LogP contribution < -0.4 is 10.6 Å². The molecule has 12 heteroatoms. The van der Waals surface area contributed by atoms with Gasteiger partial charge in [-0.1, -0.05) is 50.0 Å². The molecular formula is C24H29Cl2F2N7O. The molecule has 1 saturated heterocycles. The van der Waals surface area contributed by atoms with Gasteiger partial charge in [0.1, 0.15) is 11.5 Å². The van der Waals surface area contributed by atoms with E-state index in [0.717, 1.165) is 16.5 Å². The van der Waals surface area contributed by atoms with Crippen molar-refractivity contribution in [1.29, 1.82) is 0 Å². The van der Waals surface area contributed by atoms with Crippen molar-refractivity contribution >= 4 is 45.8 Å². The van der Waals surface area contributed by atoms with E-state index in [9.17, 15) is 13.6 Å². The number of rotatable bonds is 8. The molecule has 194 valence electrons. The van der Waals surface area contributed by atoms with E-state index in [1.165, 1.54) is 4.57 Å². The summed E-state index contributed by atoms with van der Waals surface area (Å²) < 4.78 is 28.1. The van der Waals surface area contributed by atoms with Crippen molar-refractivity contribution in [2.75, 3.05) is 18.4 Å². The minimum atomic E-state index is -2.70. The number of benzene rings is 1. The van der Waals surface area contributed by atoms with E-state index in [0.29, 0.717) is 23.9 Å². The molecular weight excluding hydrogens is 511 g/mol. The summed E-state index contributed by atoms with van der Waals surface area (Å²) >= 11 is 12.7. The summed E-state index contributed by atoms with van der Waals surface area (Å²) in [5.41, 5.74) is 1.42. The van der Waals surface area contributed by atoms with Crippen LogP contribution in [-0.4, -0.2) is 56.1 Å². The number of hydrogen-bond donors (Lipinski definition) is 3. The normalized spacial score (nSPS) is 14.8. The summed E-state index contributed by atoms with van der Waals surface area (Å²) in [6, 6.07) is 3.67. The topological polar surface area (TPSA) is 90.9 Å². The third-order valence-corrected chi connectivity index (χ3v) is 6.59. The number of aromatic amines is 1. The molecule has 1 amide bonds. The van der Waals surface area contributed by atoms with Crippen LogP contribution in [0.5, 0.6) is 0 Å². The number of nitrogens with zero attached hydrogens (tertiary/aromatic N) is 4. The molecule has 3 heterocycles. The van der Waals surface area contributed by atoms with Crippen LogP contribution >= 0.6 is 23.2 Å². The van der Waals surface area contributed by atoms with Crippen molar-refractivity contribution in [3.8, 4) is 0 Å². The van der Waals surface area contributed by atoms with Gasteiger partial charge in [-0.25, -0.2) is 13.8 Å². The maximum absolute atomic E-state index is 13.5. The smallest absolute Gasteiger partial charge is 0.271 e. The van der Waals surface area contributed by atoms with E-state index in [-0.39, 0.29) is 34.7 Å². The Hall–Kier alpha value is -2.85. The molecule has 0 radical (unpaired) electrons. The van der Waals surface area contributed by atoms with Crippen molar-refractivity contribution < 1.29 is 13.6 Å². The molecule has 8 nitrogen and oxygen atoms in total. The molecule has 0 bridgehead atoms. The molecule has 3 aromatic rings. The number of carbonyl (C=O) groups is 1. The highest BCUT2D eigenvalue weighted by molar-refractivity contribution is 6.32. The summed E-state index contributed by atoms with van der Waals surface area (Å²) in [5, 5.41) is 14.5. The van der Waals surface area contributed by atoms with Crippen LogP contribution in [0, 0.1) is 0 Å². The van der Waals surface area contributed by atoms with E-state index in [1.54, 1.807) is 0 Å². The molecule has 4 rings (SSSR count). The Kier molecular flexibility index (Phi) is 7.47. The Labute approximate surface area is 218 Å². The Balaban J connectivity index is 1.56. The lowest BCUT2D eigenvalue weighted by Crippen LogP contribution is -2.57. The Morgan fingerprint density at radius 2 is 2.03 bits per heavy atom. The molecule has 0 spiro atoms. The number of amides is 1. The van der Waals surface area contributed by atoms with E-state index < -0.39 is 18.9 Å². The van der Waals surface area contributed by atoms with Crippen LogP contribution in [0.1, 0.15) is 49.6 Å². The lowest BCUT2D eigenvalue weighted by Gasteiger charge is -2.38. The number of alkyl halides is 2. The SMILES string of the molecule is CC=CN1CC(NC(=O)c2c(Cl)nc(CNc3n[nH]c4cc(Cl)c(C(C)(C)C)cc34)n2CC(F)F)C1. The van der Waals surface area contributed by atoms with Gasteiger partial charge < -0.3 is 20.1 Å². The predicted molar refractivity (Wildman–Crippen MR) is 138 cm³/mol. The zero-order valence-corrected chi connectivity index (χ0v) is 22.0. The zero-order chi connectivity index (χ0) is 26.2. The highest BCUT2D eigenvalue weighted by atomic mass is 35.5. The molecule has 1 aliphatic heterocycles. The van der Waals surface area contributed by atoms with Crippen LogP contribution in [0.15, 0.2) is 24.4 Å². The van der Waals surface area contributed by atoms with Gasteiger partial charge in [-0.15, -0.1) is 0 Å². The second-order valence-corrected chi connectivity index (χ2v) is 10.6. The summed E-state index contributed by atoms with van der Waals surface area (Å²) in [6.45, 7) is 8.69. The number of halogens is 4. The number of carbonyl (C=O) groups excluding carboxylic acids is 1. The zero-order valence-electron chi connectivity index (χ0n) is 20.5. The minimum absolute atomic E-state index is 0.0334. The molecule has 1 fully saturated rings. The van der Waals surface area contributed by atoms with E-state index >= 15 is 0 Å². The molecule has 0 atom stereocenters. The van der Waals surface area contributed by atoms with Crippen LogP contribution in [0.4, 0.5) is 14.6 Å². The van der Waals surface area contributed by atoms with Gasteiger partial charge in [0, 0.05) is 23.5 Å². The summed E-state index contributed by atoms with van der Waals surface area (Å²) in [5.74, 6) is 0.189.